The second-order valence-electron chi connectivity index (χ2n) is 3.26. The molecule has 1 N–H and O–H groups in total. The molecule has 1 aromatic heterocycles. The molecule has 0 aliphatic rings. The second kappa shape index (κ2) is 7.70. The first-order valence-corrected chi connectivity index (χ1v) is 5.09. The molecule has 0 unspecified atom stereocenters. The van der Waals surface area contributed by atoms with Crippen molar-refractivity contribution in [3.8, 4) is 0 Å². The van der Waals surface area contributed by atoms with Gasteiger partial charge in [0.25, 0.3) is 5.78 Å². The van der Waals surface area contributed by atoms with Gasteiger partial charge in [-0.2, -0.15) is 0 Å². The molecular formula is C12H14LiNO4. The standard InChI is InChI=1S/C12H13NO4.Li.H/c1-3-17-12(16)11(15)8(2)10(14)9-5-4-6-13-7-9;;/h4-7,14H,3H2,1-2H3;;. The van der Waals surface area contributed by atoms with Crippen molar-refractivity contribution in [3.05, 3.63) is 35.7 Å². The predicted molar refractivity (Wildman–Crippen MR) is 68.2 cm³/mol. The van der Waals surface area contributed by atoms with Gasteiger partial charge in [-0.25, -0.2) is 4.79 Å². The molecular weight excluding hydrogens is 229 g/mol. The summed E-state index contributed by atoms with van der Waals surface area (Å²) >= 11 is 0. The van der Waals surface area contributed by atoms with Crippen LogP contribution in [-0.4, -0.2) is 47.3 Å². The van der Waals surface area contributed by atoms with Crippen LogP contribution in [0.25, 0.3) is 5.76 Å². The summed E-state index contributed by atoms with van der Waals surface area (Å²) in [6.07, 6.45) is 2.94. The van der Waals surface area contributed by atoms with Gasteiger partial charge >= 0.3 is 24.8 Å². The molecule has 1 heterocycles. The fraction of sp³-hybridized carbons (Fsp3) is 0.250. The predicted octanol–water partition coefficient (Wildman–Crippen LogP) is 0.854. The van der Waals surface area contributed by atoms with Crippen LogP contribution in [-0.2, 0) is 14.3 Å². The number of carbonyl (C=O) groups excluding carboxylic acids is 2. The van der Waals surface area contributed by atoms with E-state index < -0.39 is 11.8 Å². The van der Waals surface area contributed by atoms with E-state index in [9.17, 15) is 14.7 Å². The van der Waals surface area contributed by atoms with Gasteiger partial charge in [0.15, 0.2) is 0 Å². The molecule has 1 rings (SSSR count). The molecule has 0 amide bonds. The summed E-state index contributed by atoms with van der Waals surface area (Å²) in [6.45, 7) is 3.08. The van der Waals surface area contributed by atoms with Gasteiger partial charge in [0, 0.05) is 23.5 Å². The topological polar surface area (TPSA) is 76.5 Å². The summed E-state index contributed by atoms with van der Waals surface area (Å²) < 4.78 is 4.56. The molecule has 0 aliphatic carbocycles. The zero-order valence-corrected chi connectivity index (χ0v) is 9.64. The van der Waals surface area contributed by atoms with E-state index in [-0.39, 0.29) is 36.8 Å². The molecule has 18 heavy (non-hydrogen) atoms. The number of aliphatic hydroxyl groups is 1. The van der Waals surface area contributed by atoms with E-state index in [1.54, 1.807) is 25.3 Å². The average molecular weight is 243 g/mol. The van der Waals surface area contributed by atoms with Gasteiger partial charge in [-0.05, 0) is 26.0 Å². The van der Waals surface area contributed by atoms with E-state index in [0.29, 0.717) is 5.56 Å². The fourth-order valence-electron chi connectivity index (χ4n) is 1.18. The summed E-state index contributed by atoms with van der Waals surface area (Å²) in [5.74, 6) is -2.09. The Balaban J connectivity index is 0.00000289. The molecule has 0 fully saturated rings. The minimum absolute atomic E-state index is 0. The molecule has 5 nitrogen and oxygen atoms in total. The molecule has 0 bridgehead atoms. The number of hydrogen-bond donors (Lipinski definition) is 1. The molecule has 0 aromatic carbocycles. The van der Waals surface area contributed by atoms with Crippen LogP contribution in [0, 0.1) is 0 Å². The third-order valence-corrected chi connectivity index (χ3v) is 2.09. The Kier molecular flexibility index (Phi) is 7.02. The first-order valence-electron chi connectivity index (χ1n) is 5.09. The first-order chi connectivity index (χ1) is 8.07. The number of rotatable bonds is 4. The van der Waals surface area contributed by atoms with Crippen LogP contribution < -0.4 is 0 Å². The summed E-state index contributed by atoms with van der Waals surface area (Å²) in [4.78, 5) is 26.5. The summed E-state index contributed by atoms with van der Waals surface area (Å²) in [7, 11) is 0. The number of esters is 1. The molecule has 0 radical (unpaired) electrons. The number of aliphatic hydroxyl groups excluding tert-OH is 1. The van der Waals surface area contributed by atoms with E-state index in [1.165, 1.54) is 13.1 Å². The molecule has 0 spiro atoms. The summed E-state index contributed by atoms with van der Waals surface area (Å²) in [5, 5.41) is 9.79. The normalized spacial score (nSPS) is 11.0. The molecule has 1 aromatic rings. The van der Waals surface area contributed by atoms with Gasteiger partial charge in [-0.1, -0.05) is 0 Å². The first kappa shape index (κ1) is 16.4. The van der Waals surface area contributed by atoms with Gasteiger partial charge in [0.1, 0.15) is 5.76 Å². The van der Waals surface area contributed by atoms with Gasteiger partial charge in [-0.3, -0.25) is 9.78 Å². The van der Waals surface area contributed by atoms with E-state index in [2.05, 4.69) is 9.72 Å². The number of ether oxygens (including phenoxy) is 1. The minimum atomic E-state index is -0.972. The average Bonchev–Trinajstić information content (AvgIpc) is 2.37. The van der Waals surface area contributed by atoms with Crippen LogP contribution in [0.1, 0.15) is 19.4 Å². The maximum atomic E-state index is 11.5. The summed E-state index contributed by atoms with van der Waals surface area (Å²) in [5.41, 5.74) is 0.319. The Hall–Kier alpha value is -1.57. The van der Waals surface area contributed by atoms with Crippen molar-refractivity contribution in [1.82, 2.24) is 4.98 Å². The monoisotopic (exact) mass is 243 g/mol. The van der Waals surface area contributed by atoms with Crippen LogP contribution in [0.15, 0.2) is 30.1 Å². The molecule has 0 atom stereocenters. The van der Waals surface area contributed by atoms with Crippen molar-refractivity contribution in [1.29, 1.82) is 0 Å². The third kappa shape index (κ3) is 4.02. The van der Waals surface area contributed by atoms with Crippen molar-refractivity contribution in [3.63, 3.8) is 0 Å². The van der Waals surface area contributed by atoms with Crippen molar-refractivity contribution < 1.29 is 19.4 Å². The van der Waals surface area contributed by atoms with Crippen LogP contribution in [0.3, 0.4) is 0 Å². The fourth-order valence-corrected chi connectivity index (χ4v) is 1.18. The van der Waals surface area contributed by atoms with Crippen LogP contribution in [0.4, 0.5) is 0 Å². The molecule has 0 saturated carbocycles. The SMILES string of the molecule is CCOC(=O)C(=O)C(C)=C(O)c1cccnc1.[LiH]. The van der Waals surface area contributed by atoms with Crippen molar-refractivity contribution in [2.45, 2.75) is 13.8 Å². The van der Waals surface area contributed by atoms with E-state index >= 15 is 0 Å². The molecule has 0 aliphatic heterocycles. The van der Waals surface area contributed by atoms with E-state index in [0.717, 1.165) is 0 Å². The van der Waals surface area contributed by atoms with Gasteiger partial charge < -0.3 is 9.84 Å². The third-order valence-electron chi connectivity index (χ3n) is 2.09. The number of Topliss-reactive ketones (excluding diaryl/α,β-unsaturated/α-hetero) is 1. The number of aromatic nitrogens is 1. The molecule has 6 heteroatoms. The van der Waals surface area contributed by atoms with Crippen molar-refractivity contribution in [2.24, 2.45) is 0 Å². The van der Waals surface area contributed by atoms with Crippen LogP contribution >= 0.6 is 0 Å². The maximum absolute atomic E-state index is 11.5. The Morgan fingerprint density at radius 3 is 2.61 bits per heavy atom. The van der Waals surface area contributed by atoms with Crippen LogP contribution in [0.5, 0.6) is 0 Å². The molecule has 0 saturated heterocycles. The number of nitrogens with zero attached hydrogens (tertiary/aromatic N) is 1. The zero-order valence-electron chi connectivity index (χ0n) is 9.64. The number of ketones is 1. The Bertz CT molecular complexity index is 456. The van der Waals surface area contributed by atoms with Crippen LogP contribution in [0.2, 0.25) is 0 Å². The van der Waals surface area contributed by atoms with Crippen molar-refractivity contribution in [2.75, 3.05) is 6.61 Å². The Labute approximate surface area is 117 Å². The molecule has 92 valence electrons. The number of pyridine rings is 1. The quantitative estimate of drug-likeness (QED) is 0.279. The number of carbonyl (C=O) groups is 2. The Morgan fingerprint density at radius 2 is 2.11 bits per heavy atom. The van der Waals surface area contributed by atoms with E-state index in [1.807, 2.05) is 0 Å². The van der Waals surface area contributed by atoms with Crippen molar-refractivity contribution >= 4 is 36.4 Å². The van der Waals surface area contributed by atoms with Gasteiger partial charge in [0.2, 0.25) is 0 Å². The second-order valence-corrected chi connectivity index (χ2v) is 3.26. The number of hydrogen-bond acceptors (Lipinski definition) is 5. The summed E-state index contributed by atoms with van der Waals surface area (Å²) in [6, 6.07) is 3.21. The van der Waals surface area contributed by atoms with Gasteiger partial charge in [-0.15, -0.1) is 0 Å². The Morgan fingerprint density at radius 1 is 1.44 bits per heavy atom. The van der Waals surface area contributed by atoms with E-state index in [4.69, 9.17) is 0 Å². The zero-order chi connectivity index (χ0) is 12.8. The van der Waals surface area contributed by atoms with Gasteiger partial charge in [0.05, 0.1) is 6.61 Å².